The first kappa shape index (κ1) is 15.7. The zero-order valence-electron chi connectivity index (χ0n) is 13.6. The molecule has 122 valence electrons. The predicted octanol–water partition coefficient (Wildman–Crippen LogP) is 2.53. The van der Waals surface area contributed by atoms with Gasteiger partial charge in [-0.1, -0.05) is 29.3 Å². The van der Waals surface area contributed by atoms with Crippen LogP contribution in [0.4, 0.5) is 0 Å². The molecule has 0 saturated heterocycles. The fourth-order valence-electron chi connectivity index (χ4n) is 2.93. The largest absolute Gasteiger partial charge is 0.431 e. The number of nitrogens with zero attached hydrogens (tertiary/aromatic N) is 1. The molecule has 3 rings (SSSR count). The Morgan fingerprint density at radius 3 is 2.83 bits per heavy atom. The molecule has 0 bridgehead atoms. The van der Waals surface area contributed by atoms with Gasteiger partial charge < -0.3 is 5.32 Å². The van der Waals surface area contributed by atoms with Crippen molar-refractivity contribution >= 4 is 0 Å². The molecule has 2 N–H and O–H groups in total. The molecule has 0 atom stereocenters. The first-order valence-electron chi connectivity index (χ1n) is 8.32. The summed E-state index contributed by atoms with van der Waals surface area (Å²) < 4.78 is 6.66. The van der Waals surface area contributed by atoms with Gasteiger partial charge in [-0.2, -0.15) is 0 Å². The van der Waals surface area contributed by atoms with E-state index in [9.17, 15) is 4.79 Å². The zero-order valence-corrected chi connectivity index (χ0v) is 13.6. The molecule has 0 spiro atoms. The minimum Gasteiger partial charge on any atom is -0.307 e. The Morgan fingerprint density at radius 2 is 2.09 bits per heavy atom. The van der Waals surface area contributed by atoms with Gasteiger partial charge in [-0.05, 0) is 55.5 Å². The number of rotatable bonds is 6. The van der Waals surface area contributed by atoms with E-state index in [1.165, 1.54) is 36.8 Å². The molecule has 0 radical (unpaired) electrons. The second kappa shape index (κ2) is 7.42. The van der Waals surface area contributed by atoms with Crippen molar-refractivity contribution in [1.29, 1.82) is 0 Å². The zero-order chi connectivity index (χ0) is 16.1. The Morgan fingerprint density at radius 1 is 1.26 bits per heavy atom. The van der Waals surface area contributed by atoms with Gasteiger partial charge in [-0.3, -0.25) is 4.52 Å². The molecule has 0 aliphatic heterocycles. The van der Waals surface area contributed by atoms with Crippen molar-refractivity contribution in [3.63, 3.8) is 0 Å². The highest BCUT2D eigenvalue weighted by atomic mass is 16.5. The maximum absolute atomic E-state index is 11.9. The molecular formula is C18H24N3O2+. The van der Waals surface area contributed by atoms with E-state index in [1.54, 1.807) is 4.68 Å². The van der Waals surface area contributed by atoms with Gasteiger partial charge in [-0.25, -0.2) is 4.79 Å². The van der Waals surface area contributed by atoms with Gasteiger partial charge in [0.25, 0.3) is 0 Å². The van der Waals surface area contributed by atoms with Crippen molar-refractivity contribution in [2.24, 2.45) is 0 Å². The van der Waals surface area contributed by atoms with Gasteiger partial charge in [0, 0.05) is 12.1 Å². The van der Waals surface area contributed by atoms with Gasteiger partial charge in [0.1, 0.15) is 0 Å². The molecule has 1 aliphatic carbocycles. The minimum absolute atomic E-state index is 0.324. The second-order valence-electron chi connectivity index (χ2n) is 6.13. The summed E-state index contributed by atoms with van der Waals surface area (Å²) in [6.07, 6.45) is 8.47. The summed E-state index contributed by atoms with van der Waals surface area (Å²) in [5.74, 6) is 0. The lowest BCUT2D eigenvalue weighted by atomic mass is 9.97. The highest BCUT2D eigenvalue weighted by molar-refractivity contribution is 5.26. The first-order chi connectivity index (χ1) is 11.2. The fraction of sp³-hybridized carbons (Fsp3) is 0.444. The van der Waals surface area contributed by atoms with Crippen LogP contribution in [-0.4, -0.2) is 11.8 Å². The Hall–Kier alpha value is -2.14. The van der Waals surface area contributed by atoms with E-state index in [1.807, 2.05) is 31.2 Å². The average Bonchev–Trinajstić information content (AvgIpc) is 2.94. The number of hydrogen-bond donors (Lipinski definition) is 2. The Kier molecular flexibility index (Phi) is 5.08. The van der Waals surface area contributed by atoms with E-state index in [0.29, 0.717) is 12.2 Å². The van der Waals surface area contributed by atoms with E-state index < -0.39 is 0 Å². The summed E-state index contributed by atoms with van der Waals surface area (Å²) in [6, 6.07) is 7.97. The summed E-state index contributed by atoms with van der Waals surface area (Å²) in [6.45, 7) is 3.41. The third kappa shape index (κ3) is 3.99. The predicted molar refractivity (Wildman–Crippen MR) is 88.5 cm³/mol. The monoisotopic (exact) mass is 314 g/mol. The van der Waals surface area contributed by atoms with Crippen LogP contribution < -0.4 is 15.6 Å². The molecule has 1 heterocycles. The number of nitrogens with one attached hydrogen (secondary N) is 2. The van der Waals surface area contributed by atoms with Crippen molar-refractivity contribution in [2.45, 2.75) is 45.6 Å². The number of benzene rings is 1. The van der Waals surface area contributed by atoms with E-state index in [4.69, 9.17) is 4.52 Å². The third-order valence-corrected chi connectivity index (χ3v) is 4.33. The third-order valence-electron chi connectivity index (χ3n) is 4.33. The van der Waals surface area contributed by atoms with E-state index >= 15 is 0 Å². The van der Waals surface area contributed by atoms with Crippen LogP contribution >= 0.6 is 0 Å². The van der Waals surface area contributed by atoms with E-state index in [2.05, 4.69) is 16.7 Å². The lowest BCUT2D eigenvalue weighted by Crippen LogP contribution is -2.41. The maximum atomic E-state index is 11.9. The molecule has 5 nitrogen and oxygen atoms in total. The van der Waals surface area contributed by atoms with Crippen LogP contribution in [0.2, 0.25) is 0 Å². The van der Waals surface area contributed by atoms with Crippen LogP contribution in [0.3, 0.4) is 0 Å². The number of aryl methyl sites for hydroxylation is 1. The van der Waals surface area contributed by atoms with Crippen molar-refractivity contribution in [3.8, 4) is 5.69 Å². The van der Waals surface area contributed by atoms with Gasteiger partial charge in [0.05, 0.1) is 6.54 Å². The fourth-order valence-corrected chi connectivity index (χ4v) is 2.93. The Balaban J connectivity index is 1.61. The summed E-state index contributed by atoms with van der Waals surface area (Å²) >= 11 is 0. The molecule has 1 aromatic carbocycles. The summed E-state index contributed by atoms with van der Waals surface area (Å²) in [5.41, 5.74) is 3.88. The highest BCUT2D eigenvalue weighted by Crippen LogP contribution is 2.19. The van der Waals surface area contributed by atoms with Crippen LogP contribution in [0.25, 0.3) is 5.69 Å². The number of aromatic nitrogens is 2. The molecular weight excluding hydrogens is 290 g/mol. The Labute approximate surface area is 136 Å². The summed E-state index contributed by atoms with van der Waals surface area (Å²) in [5, 5.41) is 6.03. The average molecular weight is 314 g/mol. The summed E-state index contributed by atoms with van der Waals surface area (Å²) in [7, 11) is 0. The van der Waals surface area contributed by atoms with Crippen molar-refractivity contribution in [3.05, 3.63) is 57.6 Å². The topological polar surface area (TPSA) is 61.9 Å². The van der Waals surface area contributed by atoms with Crippen LogP contribution in [0.15, 0.2) is 45.2 Å². The SMILES string of the molecule is Cc1ccc(-[n+]2[nH]oc(=O)c2CNCCC2=CCCCC2)cc1. The van der Waals surface area contributed by atoms with Gasteiger partial charge in [0.2, 0.25) is 5.69 Å². The van der Waals surface area contributed by atoms with E-state index in [0.717, 1.165) is 18.7 Å². The standard InChI is InChI=1S/C18H23N3O2/c1-14-7-9-16(10-8-14)21-17(18(22)23-20-21)13-19-12-11-15-5-3-2-4-6-15/h5,7-10,19H,2-4,6,11-13H2,1H3/p+1. The molecule has 5 heteroatoms. The van der Waals surface area contributed by atoms with Crippen molar-refractivity contribution in [1.82, 2.24) is 10.6 Å². The van der Waals surface area contributed by atoms with Crippen molar-refractivity contribution in [2.75, 3.05) is 6.54 Å². The smallest absolute Gasteiger partial charge is 0.307 e. The maximum Gasteiger partial charge on any atom is 0.431 e. The molecule has 23 heavy (non-hydrogen) atoms. The quantitative estimate of drug-likeness (QED) is 0.489. The highest BCUT2D eigenvalue weighted by Gasteiger charge is 2.22. The molecule has 1 aliphatic rings. The van der Waals surface area contributed by atoms with E-state index in [-0.39, 0.29) is 5.63 Å². The molecule has 1 aromatic heterocycles. The number of allylic oxidation sites excluding steroid dienone is 1. The van der Waals surface area contributed by atoms with Crippen molar-refractivity contribution < 1.29 is 9.20 Å². The normalized spacial score (nSPS) is 14.7. The van der Waals surface area contributed by atoms with Crippen LogP contribution in [0.1, 0.15) is 43.4 Å². The second-order valence-corrected chi connectivity index (χ2v) is 6.13. The number of aromatic amines is 1. The first-order valence-corrected chi connectivity index (χ1v) is 8.32. The number of hydrogen-bond acceptors (Lipinski definition) is 3. The van der Waals surface area contributed by atoms with Gasteiger partial charge >= 0.3 is 11.3 Å². The molecule has 0 amide bonds. The van der Waals surface area contributed by atoms with Crippen LogP contribution in [0.5, 0.6) is 0 Å². The molecule has 2 aromatic rings. The van der Waals surface area contributed by atoms with Crippen LogP contribution in [-0.2, 0) is 6.54 Å². The molecule has 0 fully saturated rings. The lowest BCUT2D eigenvalue weighted by Gasteiger charge is -2.12. The number of H-pyrrole nitrogens is 1. The Bertz CT molecular complexity index is 725. The molecule has 0 unspecified atom stereocenters. The summed E-state index contributed by atoms with van der Waals surface area (Å²) in [4.78, 5) is 11.9. The van der Waals surface area contributed by atoms with Crippen LogP contribution in [0, 0.1) is 6.92 Å². The van der Waals surface area contributed by atoms with Gasteiger partial charge in [0.15, 0.2) is 0 Å². The van der Waals surface area contributed by atoms with Gasteiger partial charge in [-0.15, -0.1) is 0 Å². The lowest BCUT2D eigenvalue weighted by molar-refractivity contribution is -0.677. The minimum atomic E-state index is -0.324. The molecule has 0 saturated carbocycles.